The van der Waals surface area contributed by atoms with E-state index >= 15 is 0 Å². The lowest BCUT2D eigenvalue weighted by Gasteiger charge is -2.17. The van der Waals surface area contributed by atoms with Gasteiger partial charge in [0, 0.05) is 29.8 Å². The minimum atomic E-state index is -0.747. The summed E-state index contributed by atoms with van der Waals surface area (Å²) >= 11 is 0. The first-order chi connectivity index (χ1) is 9.61. The third-order valence-corrected chi connectivity index (χ3v) is 3.56. The molecule has 0 fully saturated rings. The molecule has 2 rings (SSSR count). The summed E-state index contributed by atoms with van der Waals surface area (Å²) in [6.45, 7) is 4.65. The summed E-state index contributed by atoms with van der Waals surface area (Å²) in [6, 6.07) is 7.52. The molecule has 0 unspecified atom stereocenters. The van der Waals surface area contributed by atoms with E-state index in [-0.39, 0.29) is 12.3 Å². The van der Waals surface area contributed by atoms with E-state index in [1.807, 2.05) is 24.3 Å². The highest BCUT2D eigenvalue weighted by Crippen LogP contribution is 2.31. The Balaban J connectivity index is 1.79. The lowest BCUT2D eigenvalue weighted by atomic mass is 10.1. The second-order valence-electron chi connectivity index (χ2n) is 5.01. The predicted molar refractivity (Wildman–Crippen MR) is 77.2 cm³/mol. The number of fused-ring (bicyclic) bond motifs is 1. The summed E-state index contributed by atoms with van der Waals surface area (Å²) in [6.07, 6.45) is 3.61. The van der Waals surface area contributed by atoms with Gasteiger partial charge in [0.2, 0.25) is 0 Å². The number of amides is 1. The van der Waals surface area contributed by atoms with Crippen LogP contribution < -0.4 is 0 Å². The van der Waals surface area contributed by atoms with Gasteiger partial charge in [-0.3, -0.25) is 9.59 Å². The third kappa shape index (κ3) is 3.07. The van der Waals surface area contributed by atoms with Crippen LogP contribution in [-0.2, 0) is 4.79 Å². The molecule has 0 atom stereocenters. The molecule has 0 spiro atoms. The quantitative estimate of drug-likeness (QED) is 0.776. The molecule has 106 valence electrons. The molecule has 1 amide bonds. The molecule has 0 radical (unpaired) electrons. The standard InChI is InChI=1S/C16H19NO3/c1-12-13-8-5-6-9-14(13)16(20)17(12)11-7-3-2-4-10-15(18)19/h5-6,8-9H,1-4,7,10-11H2,(H,18,19). The van der Waals surface area contributed by atoms with Crippen LogP contribution in [0.4, 0.5) is 0 Å². The third-order valence-electron chi connectivity index (χ3n) is 3.56. The second-order valence-corrected chi connectivity index (χ2v) is 5.01. The molecule has 1 N–H and O–H groups in total. The van der Waals surface area contributed by atoms with E-state index in [9.17, 15) is 9.59 Å². The fourth-order valence-electron chi connectivity index (χ4n) is 2.47. The number of carboxylic acids is 1. The van der Waals surface area contributed by atoms with Gasteiger partial charge < -0.3 is 10.0 Å². The van der Waals surface area contributed by atoms with Gasteiger partial charge in [-0.15, -0.1) is 0 Å². The largest absolute Gasteiger partial charge is 0.481 e. The summed E-state index contributed by atoms with van der Waals surface area (Å²) in [5.74, 6) is -0.723. The Morgan fingerprint density at radius 2 is 1.75 bits per heavy atom. The Kier molecular flexibility index (Phi) is 4.56. The summed E-state index contributed by atoms with van der Waals surface area (Å²) in [4.78, 5) is 24.3. The zero-order chi connectivity index (χ0) is 14.5. The lowest BCUT2D eigenvalue weighted by Crippen LogP contribution is -2.23. The van der Waals surface area contributed by atoms with E-state index < -0.39 is 5.97 Å². The number of unbranched alkanes of at least 4 members (excludes halogenated alkanes) is 3. The fraction of sp³-hybridized carbons (Fsp3) is 0.375. The minimum absolute atomic E-state index is 0.0242. The van der Waals surface area contributed by atoms with E-state index in [0.717, 1.165) is 36.1 Å². The molecule has 1 aliphatic rings. The maximum Gasteiger partial charge on any atom is 0.303 e. The molecule has 0 aromatic heterocycles. The molecule has 1 aromatic carbocycles. The molecule has 20 heavy (non-hydrogen) atoms. The first-order valence-electron chi connectivity index (χ1n) is 6.93. The van der Waals surface area contributed by atoms with Crippen LogP contribution in [0.3, 0.4) is 0 Å². The minimum Gasteiger partial charge on any atom is -0.481 e. The van der Waals surface area contributed by atoms with Crippen LogP contribution in [0, 0.1) is 0 Å². The normalized spacial score (nSPS) is 13.7. The zero-order valence-electron chi connectivity index (χ0n) is 11.5. The maximum absolute atomic E-state index is 12.2. The van der Waals surface area contributed by atoms with Crippen molar-refractivity contribution in [3.05, 3.63) is 42.0 Å². The number of carbonyl (C=O) groups excluding carboxylic acids is 1. The van der Waals surface area contributed by atoms with Gasteiger partial charge in [-0.1, -0.05) is 37.6 Å². The number of rotatable bonds is 7. The molecule has 0 aliphatic carbocycles. The topological polar surface area (TPSA) is 57.6 Å². The smallest absolute Gasteiger partial charge is 0.303 e. The lowest BCUT2D eigenvalue weighted by molar-refractivity contribution is -0.137. The van der Waals surface area contributed by atoms with Crippen molar-refractivity contribution in [2.75, 3.05) is 6.54 Å². The molecule has 0 saturated carbocycles. The molecular formula is C16H19NO3. The number of benzene rings is 1. The molecule has 1 heterocycles. The average molecular weight is 273 g/mol. The van der Waals surface area contributed by atoms with Crippen LogP contribution in [0.25, 0.3) is 5.70 Å². The number of nitrogens with zero attached hydrogens (tertiary/aromatic N) is 1. The number of hydrogen-bond donors (Lipinski definition) is 1. The molecule has 0 saturated heterocycles. The summed E-state index contributed by atoms with van der Waals surface area (Å²) in [5, 5.41) is 8.55. The van der Waals surface area contributed by atoms with Crippen molar-refractivity contribution in [1.29, 1.82) is 0 Å². The summed E-state index contributed by atoms with van der Waals surface area (Å²) in [7, 11) is 0. The van der Waals surface area contributed by atoms with Crippen LogP contribution in [-0.4, -0.2) is 28.4 Å². The van der Waals surface area contributed by atoms with Crippen molar-refractivity contribution in [3.63, 3.8) is 0 Å². The highest BCUT2D eigenvalue weighted by Gasteiger charge is 2.29. The van der Waals surface area contributed by atoms with Gasteiger partial charge in [0.1, 0.15) is 0 Å². The first kappa shape index (κ1) is 14.3. The van der Waals surface area contributed by atoms with Gasteiger partial charge >= 0.3 is 5.97 Å². The molecule has 4 nitrogen and oxygen atoms in total. The monoisotopic (exact) mass is 273 g/mol. The van der Waals surface area contributed by atoms with E-state index in [4.69, 9.17) is 5.11 Å². The maximum atomic E-state index is 12.2. The summed E-state index contributed by atoms with van der Waals surface area (Å²) in [5.41, 5.74) is 2.42. The first-order valence-corrected chi connectivity index (χ1v) is 6.93. The van der Waals surface area contributed by atoms with Crippen LogP contribution in [0.2, 0.25) is 0 Å². The average Bonchev–Trinajstić information content (AvgIpc) is 2.67. The predicted octanol–water partition coefficient (Wildman–Crippen LogP) is 3.15. The molecule has 1 aliphatic heterocycles. The van der Waals surface area contributed by atoms with E-state index in [1.54, 1.807) is 4.90 Å². The van der Waals surface area contributed by atoms with Crippen molar-refractivity contribution in [3.8, 4) is 0 Å². The van der Waals surface area contributed by atoms with Gasteiger partial charge in [-0.25, -0.2) is 0 Å². The Bertz CT molecular complexity index is 501. The fourth-order valence-corrected chi connectivity index (χ4v) is 2.47. The van der Waals surface area contributed by atoms with Crippen molar-refractivity contribution in [1.82, 2.24) is 4.90 Å². The van der Waals surface area contributed by atoms with Crippen molar-refractivity contribution in [2.45, 2.75) is 32.1 Å². The Morgan fingerprint density at radius 3 is 2.40 bits per heavy atom. The SMILES string of the molecule is C=C1c2ccccc2C(=O)N1CCCCCCC(=O)O. The van der Waals surface area contributed by atoms with Crippen LogP contribution in [0.15, 0.2) is 30.8 Å². The number of hydrogen-bond acceptors (Lipinski definition) is 2. The van der Waals surface area contributed by atoms with Gasteiger partial charge in [0.05, 0.1) is 0 Å². The zero-order valence-corrected chi connectivity index (χ0v) is 11.5. The van der Waals surface area contributed by atoms with Gasteiger partial charge in [-0.05, 0) is 18.9 Å². The Morgan fingerprint density at radius 1 is 1.10 bits per heavy atom. The number of aliphatic carboxylic acids is 1. The highest BCUT2D eigenvalue weighted by molar-refractivity contribution is 6.08. The van der Waals surface area contributed by atoms with Crippen molar-refractivity contribution < 1.29 is 14.7 Å². The Hall–Kier alpha value is -2.10. The van der Waals surface area contributed by atoms with Crippen molar-refractivity contribution in [2.24, 2.45) is 0 Å². The Labute approximate surface area is 118 Å². The second kappa shape index (κ2) is 6.37. The van der Waals surface area contributed by atoms with Gasteiger partial charge in [-0.2, -0.15) is 0 Å². The van der Waals surface area contributed by atoms with Crippen LogP contribution in [0.5, 0.6) is 0 Å². The van der Waals surface area contributed by atoms with Crippen LogP contribution >= 0.6 is 0 Å². The van der Waals surface area contributed by atoms with Gasteiger partial charge in [0.15, 0.2) is 0 Å². The number of carboxylic acid groups (broad SMARTS) is 1. The molecule has 0 bridgehead atoms. The van der Waals surface area contributed by atoms with Crippen LogP contribution in [0.1, 0.15) is 48.0 Å². The number of carbonyl (C=O) groups is 2. The molecular weight excluding hydrogens is 254 g/mol. The summed E-state index contributed by atoms with van der Waals surface area (Å²) < 4.78 is 0. The van der Waals surface area contributed by atoms with E-state index in [1.165, 1.54) is 0 Å². The molecule has 1 aromatic rings. The van der Waals surface area contributed by atoms with Gasteiger partial charge in [0.25, 0.3) is 5.91 Å². The van der Waals surface area contributed by atoms with E-state index in [2.05, 4.69) is 6.58 Å². The molecule has 4 heteroatoms. The van der Waals surface area contributed by atoms with Crippen molar-refractivity contribution >= 4 is 17.6 Å². The highest BCUT2D eigenvalue weighted by atomic mass is 16.4. The van der Waals surface area contributed by atoms with E-state index in [0.29, 0.717) is 13.0 Å².